The lowest BCUT2D eigenvalue weighted by Gasteiger charge is -2.56. The number of phenols is 1. The molecule has 0 heterocycles. The zero-order valence-electron chi connectivity index (χ0n) is 9.78. The van der Waals surface area contributed by atoms with Crippen LogP contribution < -0.4 is 5.73 Å². The smallest absolute Gasteiger partial charge is 0.252 e. The number of carbonyl (C=O) groups excluding carboxylic acids is 1. The fourth-order valence-electron chi connectivity index (χ4n) is 3.45. The van der Waals surface area contributed by atoms with Crippen molar-refractivity contribution in [1.29, 1.82) is 0 Å². The van der Waals surface area contributed by atoms with E-state index in [2.05, 4.69) is 0 Å². The van der Waals surface area contributed by atoms with Crippen LogP contribution in [0.3, 0.4) is 0 Å². The van der Waals surface area contributed by atoms with Crippen molar-refractivity contribution in [3.63, 3.8) is 0 Å². The Balaban J connectivity index is 1.98. The summed E-state index contributed by atoms with van der Waals surface area (Å²) in [6.45, 7) is 0. The Morgan fingerprint density at radius 3 is 2.59 bits per heavy atom. The topological polar surface area (TPSA) is 63.3 Å². The van der Waals surface area contributed by atoms with Gasteiger partial charge in [-0.15, -0.1) is 0 Å². The standard InChI is InChI=1S/C14H17NO2/c15-13(17)10-4-1-3-9(12(10)16)11-5-8-14(11)6-2-7-14/h1,3-4,11,16H,2,5-8H2,(H2,15,17). The van der Waals surface area contributed by atoms with Crippen LogP contribution in [0.5, 0.6) is 5.75 Å². The normalized spacial score (nSPS) is 25.1. The van der Waals surface area contributed by atoms with Gasteiger partial charge in [-0.3, -0.25) is 4.79 Å². The molecule has 1 aromatic rings. The highest BCUT2D eigenvalue weighted by Crippen LogP contribution is 2.64. The summed E-state index contributed by atoms with van der Waals surface area (Å²) >= 11 is 0. The molecule has 3 nitrogen and oxygen atoms in total. The minimum absolute atomic E-state index is 0.107. The van der Waals surface area contributed by atoms with E-state index in [1.54, 1.807) is 6.07 Å². The van der Waals surface area contributed by atoms with Crippen LogP contribution in [-0.4, -0.2) is 11.0 Å². The molecule has 2 aliphatic rings. The highest BCUT2D eigenvalue weighted by molar-refractivity contribution is 5.96. The van der Waals surface area contributed by atoms with Gasteiger partial charge in [0.05, 0.1) is 5.56 Å². The van der Waals surface area contributed by atoms with Crippen LogP contribution in [0.1, 0.15) is 53.9 Å². The van der Waals surface area contributed by atoms with Crippen LogP contribution in [0.25, 0.3) is 0 Å². The van der Waals surface area contributed by atoms with Crippen LogP contribution in [0.4, 0.5) is 0 Å². The summed E-state index contributed by atoms with van der Waals surface area (Å²) in [7, 11) is 0. The quantitative estimate of drug-likeness (QED) is 0.821. The van der Waals surface area contributed by atoms with Crippen molar-refractivity contribution in [1.82, 2.24) is 0 Å². The van der Waals surface area contributed by atoms with Crippen molar-refractivity contribution in [3.8, 4) is 5.75 Å². The van der Waals surface area contributed by atoms with Crippen molar-refractivity contribution < 1.29 is 9.90 Å². The lowest BCUT2D eigenvalue weighted by Crippen LogP contribution is -2.43. The fraction of sp³-hybridized carbons (Fsp3) is 0.500. The molecule has 2 saturated carbocycles. The molecule has 0 bridgehead atoms. The maximum atomic E-state index is 11.2. The van der Waals surface area contributed by atoms with E-state index in [0.717, 1.165) is 12.0 Å². The molecule has 1 atom stereocenters. The molecule has 1 amide bonds. The van der Waals surface area contributed by atoms with E-state index in [-0.39, 0.29) is 11.3 Å². The Kier molecular flexibility index (Phi) is 2.18. The van der Waals surface area contributed by atoms with Crippen LogP contribution in [-0.2, 0) is 0 Å². The van der Waals surface area contributed by atoms with Crippen molar-refractivity contribution in [3.05, 3.63) is 29.3 Å². The average Bonchev–Trinajstić information content (AvgIpc) is 2.16. The number of hydrogen-bond donors (Lipinski definition) is 2. The molecule has 0 aliphatic heterocycles. The molecule has 3 rings (SSSR count). The zero-order valence-corrected chi connectivity index (χ0v) is 9.78. The van der Waals surface area contributed by atoms with Crippen molar-refractivity contribution in [2.24, 2.45) is 11.1 Å². The van der Waals surface area contributed by atoms with Gasteiger partial charge in [0.2, 0.25) is 0 Å². The van der Waals surface area contributed by atoms with Gasteiger partial charge < -0.3 is 10.8 Å². The predicted octanol–water partition coefficient (Wildman–Crippen LogP) is 2.54. The van der Waals surface area contributed by atoms with Crippen molar-refractivity contribution in [2.75, 3.05) is 0 Å². The Morgan fingerprint density at radius 1 is 1.35 bits per heavy atom. The number of para-hydroxylation sites is 1. The maximum Gasteiger partial charge on any atom is 0.252 e. The molecule has 2 fully saturated rings. The fourth-order valence-corrected chi connectivity index (χ4v) is 3.45. The third-order valence-electron chi connectivity index (χ3n) is 4.73. The largest absolute Gasteiger partial charge is 0.507 e. The summed E-state index contributed by atoms with van der Waals surface area (Å²) in [6.07, 6.45) is 6.20. The first-order valence-electron chi connectivity index (χ1n) is 6.26. The third kappa shape index (κ3) is 1.38. The minimum Gasteiger partial charge on any atom is -0.507 e. The highest BCUT2D eigenvalue weighted by atomic mass is 16.3. The molecule has 0 saturated heterocycles. The maximum absolute atomic E-state index is 11.2. The number of aromatic hydroxyl groups is 1. The molecule has 0 aromatic heterocycles. The van der Waals surface area contributed by atoms with Crippen LogP contribution >= 0.6 is 0 Å². The van der Waals surface area contributed by atoms with Gasteiger partial charge in [0, 0.05) is 0 Å². The molecule has 17 heavy (non-hydrogen) atoms. The molecule has 1 unspecified atom stereocenters. The van der Waals surface area contributed by atoms with Gasteiger partial charge in [0.15, 0.2) is 0 Å². The number of carbonyl (C=O) groups is 1. The van der Waals surface area contributed by atoms with E-state index >= 15 is 0 Å². The van der Waals surface area contributed by atoms with Gasteiger partial charge in [-0.05, 0) is 48.6 Å². The number of hydrogen-bond acceptors (Lipinski definition) is 2. The first kappa shape index (κ1) is 10.6. The highest BCUT2D eigenvalue weighted by Gasteiger charge is 2.51. The first-order chi connectivity index (χ1) is 8.14. The number of nitrogens with two attached hydrogens (primary N) is 1. The van der Waals surface area contributed by atoms with E-state index in [0.29, 0.717) is 11.3 Å². The SMILES string of the molecule is NC(=O)c1cccc(C2CCC23CCC3)c1O. The number of amides is 1. The second-order valence-electron chi connectivity index (χ2n) is 5.41. The third-order valence-corrected chi connectivity index (χ3v) is 4.73. The first-order valence-corrected chi connectivity index (χ1v) is 6.26. The van der Waals surface area contributed by atoms with Gasteiger partial charge in [-0.1, -0.05) is 18.6 Å². The van der Waals surface area contributed by atoms with Gasteiger partial charge in [-0.25, -0.2) is 0 Å². The molecule has 3 N–H and O–H groups in total. The summed E-state index contributed by atoms with van der Waals surface area (Å²) in [5.74, 6) is -0.0159. The van der Waals surface area contributed by atoms with Crippen molar-refractivity contribution in [2.45, 2.75) is 38.0 Å². The molecule has 3 heteroatoms. The van der Waals surface area contributed by atoms with Crippen LogP contribution in [0, 0.1) is 5.41 Å². The lowest BCUT2D eigenvalue weighted by atomic mass is 9.48. The van der Waals surface area contributed by atoms with Gasteiger partial charge in [0.1, 0.15) is 5.75 Å². The van der Waals surface area contributed by atoms with E-state index in [4.69, 9.17) is 5.73 Å². The zero-order chi connectivity index (χ0) is 12.0. The summed E-state index contributed by atoms with van der Waals surface area (Å²) in [5.41, 5.74) is 6.86. The molecular weight excluding hydrogens is 214 g/mol. The second-order valence-corrected chi connectivity index (χ2v) is 5.41. The number of rotatable bonds is 2. The number of primary amides is 1. The number of benzene rings is 1. The molecule has 1 aromatic carbocycles. The molecule has 90 valence electrons. The Bertz CT molecular complexity index is 472. The van der Waals surface area contributed by atoms with Crippen LogP contribution in [0.2, 0.25) is 0 Å². The second kappa shape index (κ2) is 3.49. The van der Waals surface area contributed by atoms with E-state index in [9.17, 15) is 9.90 Å². The molecule has 2 aliphatic carbocycles. The van der Waals surface area contributed by atoms with Crippen LogP contribution in [0.15, 0.2) is 18.2 Å². The molecule has 0 radical (unpaired) electrons. The van der Waals surface area contributed by atoms with Crippen molar-refractivity contribution >= 4 is 5.91 Å². The average molecular weight is 231 g/mol. The van der Waals surface area contributed by atoms with E-state index in [1.165, 1.54) is 25.7 Å². The van der Waals surface area contributed by atoms with E-state index < -0.39 is 5.91 Å². The lowest BCUT2D eigenvalue weighted by molar-refractivity contribution is -0.00301. The Morgan fingerprint density at radius 2 is 2.12 bits per heavy atom. The summed E-state index contributed by atoms with van der Waals surface area (Å²) in [6, 6.07) is 5.35. The van der Waals surface area contributed by atoms with E-state index in [1.807, 2.05) is 12.1 Å². The monoisotopic (exact) mass is 231 g/mol. The Labute approximate surface area is 101 Å². The molecule has 1 spiro atoms. The molecular formula is C14H17NO2. The Hall–Kier alpha value is -1.51. The summed E-state index contributed by atoms with van der Waals surface area (Å²) in [5, 5.41) is 10.1. The van der Waals surface area contributed by atoms with Gasteiger partial charge in [0.25, 0.3) is 5.91 Å². The van der Waals surface area contributed by atoms with Gasteiger partial charge in [-0.2, -0.15) is 0 Å². The predicted molar refractivity (Wildman–Crippen MR) is 64.9 cm³/mol. The summed E-state index contributed by atoms with van der Waals surface area (Å²) in [4.78, 5) is 11.2. The summed E-state index contributed by atoms with van der Waals surface area (Å²) < 4.78 is 0. The minimum atomic E-state index is -0.550. The van der Waals surface area contributed by atoms with Gasteiger partial charge >= 0.3 is 0 Å².